The third kappa shape index (κ3) is 1.94. The molecule has 0 radical (unpaired) electrons. The molecule has 2 rings (SSSR count). The molecule has 1 heterocycles. The molecule has 96 valence electrons. The van der Waals surface area contributed by atoms with Crippen LogP contribution < -0.4 is 0 Å². The first-order valence-corrected chi connectivity index (χ1v) is 5.74. The van der Waals surface area contributed by atoms with Crippen molar-refractivity contribution in [2.45, 2.75) is 26.9 Å². The quantitative estimate of drug-likeness (QED) is 0.670. The average Bonchev–Trinajstić information content (AvgIpc) is 2.26. The fourth-order valence-corrected chi connectivity index (χ4v) is 2.14. The predicted octanol–water partition coefficient (Wildman–Crippen LogP) is 4.83. The fraction of sp³-hybridized carbons (Fsp3) is 0.308. The lowest BCUT2D eigenvalue weighted by Gasteiger charge is -2.14. The Balaban J connectivity index is 2.94. The van der Waals surface area contributed by atoms with Gasteiger partial charge in [0.1, 0.15) is 5.69 Å². The lowest BCUT2D eigenvalue weighted by Crippen LogP contribution is -2.11. The van der Waals surface area contributed by atoms with E-state index in [1.165, 1.54) is 6.92 Å². The Labute approximate surface area is 108 Å². The maximum Gasteiger partial charge on any atom is 0.433 e. The minimum atomic E-state index is -4.49. The zero-order valence-corrected chi connectivity index (χ0v) is 10.9. The van der Waals surface area contributed by atoms with E-state index in [4.69, 9.17) is 11.6 Å². The maximum absolute atomic E-state index is 12.9. The molecule has 1 aromatic heterocycles. The zero-order valence-electron chi connectivity index (χ0n) is 10.1. The summed E-state index contributed by atoms with van der Waals surface area (Å²) >= 11 is 6.02. The molecule has 0 aliphatic heterocycles. The summed E-state index contributed by atoms with van der Waals surface area (Å²) < 4.78 is 38.6. The van der Waals surface area contributed by atoms with Crippen LogP contribution in [0.15, 0.2) is 12.1 Å². The molecule has 0 unspecified atom stereocenters. The number of benzene rings is 1. The summed E-state index contributed by atoms with van der Waals surface area (Å²) in [7, 11) is 0. The van der Waals surface area contributed by atoms with Crippen LogP contribution in [0.25, 0.3) is 10.9 Å². The molecule has 1 nitrogen and oxygen atoms in total. The van der Waals surface area contributed by atoms with E-state index in [2.05, 4.69) is 4.98 Å². The summed E-state index contributed by atoms with van der Waals surface area (Å²) in [5.74, 6) is 0. The Morgan fingerprint density at radius 1 is 1.06 bits per heavy atom. The topological polar surface area (TPSA) is 12.9 Å². The molecule has 5 heteroatoms. The summed E-state index contributed by atoms with van der Waals surface area (Å²) in [5, 5.41) is 0.681. The minimum Gasteiger partial charge on any atom is -0.243 e. The Morgan fingerprint density at radius 2 is 1.67 bits per heavy atom. The van der Waals surface area contributed by atoms with E-state index in [9.17, 15) is 13.2 Å². The number of hydrogen-bond acceptors (Lipinski definition) is 1. The van der Waals surface area contributed by atoms with Gasteiger partial charge in [0.15, 0.2) is 0 Å². The van der Waals surface area contributed by atoms with Crippen LogP contribution in [0.3, 0.4) is 0 Å². The van der Waals surface area contributed by atoms with Gasteiger partial charge in [-0.25, -0.2) is 4.98 Å². The number of nitrogens with zero attached hydrogens (tertiary/aromatic N) is 1. The van der Waals surface area contributed by atoms with E-state index in [0.717, 1.165) is 11.1 Å². The smallest absolute Gasteiger partial charge is 0.243 e. The average molecular weight is 274 g/mol. The maximum atomic E-state index is 12.9. The van der Waals surface area contributed by atoms with Crippen LogP contribution >= 0.6 is 11.6 Å². The van der Waals surface area contributed by atoms with Crippen molar-refractivity contribution in [1.29, 1.82) is 0 Å². The normalized spacial score (nSPS) is 12.2. The van der Waals surface area contributed by atoms with Crippen LogP contribution in [0.2, 0.25) is 5.02 Å². The van der Waals surface area contributed by atoms with Gasteiger partial charge in [-0.2, -0.15) is 13.2 Å². The molecule has 0 fully saturated rings. The number of fused-ring (bicyclic) bond motifs is 1. The number of aryl methyl sites for hydroxylation is 2. The standard InChI is InChI=1S/C13H11ClF3N/c1-6-4-5-9-10(14)8(3)12(13(15,16)17)18-11(9)7(6)2/h4-5H,1-3H3. The van der Waals surface area contributed by atoms with Gasteiger partial charge < -0.3 is 0 Å². The summed E-state index contributed by atoms with van der Waals surface area (Å²) in [5.41, 5.74) is 0.995. The van der Waals surface area contributed by atoms with E-state index in [1.54, 1.807) is 13.0 Å². The highest BCUT2D eigenvalue weighted by atomic mass is 35.5. The van der Waals surface area contributed by atoms with Crippen LogP contribution in [-0.2, 0) is 6.18 Å². The lowest BCUT2D eigenvalue weighted by atomic mass is 10.0. The SMILES string of the molecule is Cc1ccc2c(Cl)c(C)c(C(F)(F)F)nc2c1C. The molecule has 0 aliphatic carbocycles. The summed E-state index contributed by atoms with van der Waals surface area (Å²) in [6.07, 6.45) is -4.49. The molecule has 0 amide bonds. The molecule has 0 N–H and O–H groups in total. The lowest BCUT2D eigenvalue weighted by molar-refractivity contribution is -0.141. The first kappa shape index (κ1) is 13.1. The van der Waals surface area contributed by atoms with Crippen molar-refractivity contribution in [3.8, 4) is 0 Å². The van der Waals surface area contributed by atoms with Crippen molar-refractivity contribution >= 4 is 22.5 Å². The number of pyridine rings is 1. The monoisotopic (exact) mass is 273 g/mol. The van der Waals surface area contributed by atoms with E-state index in [-0.39, 0.29) is 10.6 Å². The van der Waals surface area contributed by atoms with Crippen molar-refractivity contribution in [2.75, 3.05) is 0 Å². The first-order chi connectivity index (χ1) is 8.23. The molecular weight excluding hydrogens is 263 g/mol. The van der Waals surface area contributed by atoms with Crippen molar-refractivity contribution < 1.29 is 13.2 Å². The molecule has 0 bridgehead atoms. The molecule has 0 atom stereocenters. The molecule has 1 aromatic carbocycles. The van der Waals surface area contributed by atoms with Gasteiger partial charge >= 0.3 is 6.18 Å². The van der Waals surface area contributed by atoms with Gasteiger partial charge in [-0.05, 0) is 37.5 Å². The second-order valence-corrected chi connectivity index (χ2v) is 4.68. The molecular formula is C13H11ClF3N. The van der Waals surface area contributed by atoms with Crippen LogP contribution in [0.4, 0.5) is 13.2 Å². The van der Waals surface area contributed by atoms with Gasteiger partial charge in [0, 0.05) is 5.39 Å². The number of halogens is 4. The molecule has 0 aliphatic rings. The first-order valence-electron chi connectivity index (χ1n) is 5.36. The van der Waals surface area contributed by atoms with Crippen molar-refractivity contribution in [1.82, 2.24) is 4.98 Å². The van der Waals surface area contributed by atoms with Crippen LogP contribution in [-0.4, -0.2) is 4.98 Å². The predicted molar refractivity (Wildman–Crippen MR) is 66.0 cm³/mol. The van der Waals surface area contributed by atoms with Crippen molar-refractivity contribution in [3.05, 3.63) is 39.5 Å². The number of alkyl halides is 3. The Hall–Kier alpha value is -1.29. The van der Waals surface area contributed by atoms with Crippen molar-refractivity contribution in [2.24, 2.45) is 0 Å². The molecule has 2 aromatic rings. The summed E-state index contributed by atoms with van der Waals surface area (Å²) in [4.78, 5) is 3.76. The zero-order chi connectivity index (χ0) is 13.7. The highest BCUT2D eigenvalue weighted by Crippen LogP contribution is 2.37. The summed E-state index contributed by atoms with van der Waals surface area (Å²) in [6.45, 7) is 4.92. The minimum absolute atomic E-state index is 0.0279. The van der Waals surface area contributed by atoms with E-state index in [0.29, 0.717) is 10.9 Å². The van der Waals surface area contributed by atoms with Gasteiger partial charge in [0.05, 0.1) is 10.5 Å². The Bertz CT molecular complexity index is 632. The second-order valence-electron chi connectivity index (χ2n) is 4.30. The highest BCUT2D eigenvalue weighted by Gasteiger charge is 2.36. The van der Waals surface area contributed by atoms with Gasteiger partial charge in [0.25, 0.3) is 0 Å². The third-order valence-electron chi connectivity index (χ3n) is 3.11. The van der Waals surface area contributed by atoms with Gasteiger partial charge in [0.2, 0.25) is 0 Å². The van der Waals surface area contributed by atoms with E-state index < -0.39 is 11.9 Å². The second kappa shape index (κ2) is 4.12. The van der Waals surface area contributed by atoms with Crippen molar-refractivity contribution in [3.63, 3.8) is 0 Å². The van der Waals surface area contributed by atoms with Crippen LogP contribution in [0, 0.1) is 20.8 Å². The number of aromatic nitrogens is 1. The summed E-state index contributed by atoms with van der Waals surface area (Å²) in [6, 6.07) is 3.54. The number of hydrogen-bond donors (Lipinski definition) is 0. The Morgan fingerprint density at radius 3 is 2.22 bits per heavy atom. The molecule has 0 saturated carbocycles. The van der Waals surface area contributed by atoms with Gasteiger partial charge in [-0.1, -0.05) is 23.7 Å². The van der Waals surface area contributed by atoms with Gasteiger partial charge in [-0.3, -0.25) is 0 Å². The fourth-order valence-electron chi connectivity index (χ4n) is 1.90. The van der Waals surface area contributed by atoms with Crippen LogP contribution in [0.5, 0.6) is 0 Å². The van der Waals surface area contributed by atoms with Crippen LogP contribution in [0.1, 0.15) is 22.4 Å². The Kier molecular flexibility index (Phi) is 3.01. The van der Waals surface area contributed by atoms with E-state index in [1.807, 2.05) is 13.0 Å². The molecule has 0 saturated heterocycles. The molecule has 18 heavy (non-hydrogen) atoms. The largest absolute Gasteiger partial charge is 0.433 e. The van der Waals surface area contributed by atoms with E-state index >= 15 is 0 Å². The molecule has 0 spiro atoms. The van der Waals surface area contributed by atoms with Gasteiger partial charge in [-0.15, -0.1) is 0 Å². The number of rotatable bonds is 0. The highest BCUT2D eigenvalue weighted by molar-refractivity contribution is 6.36. The third-order valence-corrected chi connectivity index (χ3v) is 3.60.